The van der Waals surface area contributed by atoms with Gasteiger partial charge in [0.05, 0.1) is 5.25 Å². The Balaban J connectivity index is 2.38. The van der Waals surface area contributed by atoms with Crippen LogP contribution in [0.15, 0.2) is 41.3 Å². The van der Waals surface area contributed by atoms with E-state index in [0.29, 0.717) is 18.2 Å². The van der Waals surface area contributed by atoms with E-state index in [1.165, 1.54) is 6.07 Å². The number of hydrogen-bond donors (Lipinski definition) is 1. The predicted octanol–water partition coefficient (Wildman–Crippen LogP) is 2.48. The summed E-state index contributed by atoms with van der Waals surface area (Å²) < 4.78 is 24.5. The highest BCUT2D eigenvalue weighted by Gasteiger charge is 2.39. The van der Waals surface area contributed by atoms with Gasteiger partial charge >= 0.3 is 0 Å². The van der Waals surface area contributed by atoms with E-state index < -0.39 is 9.84 Å². The minimum atomic E-state index is -3.37. The molecule has 0 aliphatic heterocycles. The Kier molecular flexibility index (Phi) is 2.16. The molecule has 1 saturated carbocycles. The summed E-state index contributed by atoms with van der Waals surface area (Å²) in [6, 6.07) is 10.4. The summed E-state index contributed by atoms with van der Waals surface area (Å²) in [6.45, 7) is 0. The molecule has 0 unspecified atom stereocenters. The van der Waals surface area contributed by atoms with E-state index in [0.717, 1.165) is 5.39 Å². The number of benzene rings is 2. The standard InChI is InChI=1S/C13H12O3S/c14-12-8-5-9-3-1-2-4-11(9)13(12)17(15,16)10-6-7-10/h1-5,8,10,14H,6-7H2. The number of fused-ring (bicyclic) bond motifs is 1. The minimum Gasteiger partial charge on any atom is -0.507 e. The van der Waals surface area contributed by atoms with Gasteiger partial charge in [0.2, 0.25) is 0 Å². The van der Waals surface area contributed by atoms with Gasteiger partial charge in [-0.2, -0.15) is 0 Å². The molecule has 0 amide bonds. The van der Waals surface area contributed by atoms with Crippen molar-refractivity contribution in [1.82, 2.24) is 0 Å². The maximum atomic E-state index is 12.3. The molecule has 4 heteroatoms. The molecule has 2 aromatic rings. The van der Waals surface area contributed by atoms with Crippen LogP contribution in [0.25, 0.3) is 10.8 Å². The van der Waals surface area contributed by atoms with Gasteiger partial charge in [-0.3, -0.25) is 0 Å². The summed E-state index contributed by atoms with van der Waals surface area (Å²) in [6.07, 6.45) is 1.40. The first-order chi connectivity index (χ1) is 8.10. The molecule has 3 rings (SSSR count). The van der Waals surface area contributed by atoms with E-state index in [9.17, 15) is 13.5 Å². The van der Waals surface area contributed by atoms with E-state index in [-0.39, 0.29) is 15.9 Å². The minimum absolute atomic E-state index is 0.0955. The van der Waals surface area contributed by atoms with Gasteiger partial charge in [0.15, 0.2) is 9.84 Å². The smallest absolute Gasteiger partial charge is 0.185 e. The summed E-state index contributed by atoms with van der Waals surface area (Å²) in [5.41, 5.74) is 0. The zero-order valence-corrected chi connectivity index (χ0v) is 9.94. The Morgan fingerprint density at radius 2 is 1.76 bits per heavy atom. The van der Waals surface area contributed by atoms with Crippen molar-refractivity contribution in [2.24, 2.45) is 0 Å². The average Bonchev–Trinajstić information content (AvgIpc) is 3.12. The lowest BCUT2D eigenvalue weighted by atomic mass is 10.1. The van der Waals surface area contributed by atoms with E-state index in [2.05, 4.69) is 0 Å². The molecule has 1 aliphatic carbocycles. The van der Waals surface area contributed by atoms with Crippen molar-refractivity contribution in [3.05, 3.63) is 36.4 Å². The Hall–Kier alpha value is -1.55. The normalized spacial score (nSPS) is 16.2. The third kappa shape index (κ3) is 1.60. The van der Waals surface area contributed by atoms with Crippen LogP contribution in [0.2, 0.25) is 0 Å². The Labute approximate surface area is 99.6 Å². The zero-order valence-electron chi connectivity index (χ0n) is 9.13. The summed E-state index contributed by atoms with van der Waals surface area (Å²) >= 11 is 0. The van der Waals surface area contributed by atoms with Crippen LogP contribution in [-0.4, -0.2) is 18.8 Å². The quantitative estimate of drug-likeness (QED) is 0.888. The van der Waals surface area contributed by atoms with Gasteiger partial charge in [-0.15, -0.1) is 0 Å². The van der Waals surface area contributed by atoms with E-state index >= 15 is 0 Å². The van der Waals surface area contributed by atoms with Crippen LogP contribution in [0.3, 0.4) is 0 Å². The summed E-state index contributed by atoms with van der Waals surface area (Å²) in [4.78, 5) is 0.0955. The van der Waals surface area contributed by atoms with Gasteiger partial charge in [-0.25, -0.2) is 8.42 Å². The monoisotopic (exact) mass is 248 g/mol. The van der Waals surface area contributed by atoms with Crippen LogP contribution in [0.5, 0.6) is 5.75 Å². The second-order valence-corrected chi connectivity index (χ2v) is 6.54. The molecule has 0 spiro atoms. The molecule has 1 fully saturated rings. The molecular weight excluding hydrogens is 236 g/mol. The molecule has 1 aliphatic rings. The predicted molar refractivity (Wildman–Crippen MR) is 65.8 cm³/mol. The van der Waals surface area contributed by atoms with Crippen molar-refractivity contribution in [3.63, 3.8) is 0 Å². The fourth-order valence-corrected chi connectivity index (χ4v) is 4.02. The van der Waals surface area contributed by atoms with Crippen molar-refractivity contribution in [2.75, 3.05) is 0 Å². The number of aromatic hydroxyl groups is 1. The zero-order chi connectivity index (χ0) is 12.0. The largest absolute Gasteiger partial charge is 0.507 e. The number of rotatable bonds is 2. The van der Waals surface area contributed by atoms with Gasteiger partial charge < -0.3 is 5.11 Å². The highest BCUT2D eigenvalue weighted by atomic mass is 32.2. The summed E-state index contributed by atoms with van der Waals surface area (Å²) in [7, 11) is -3.37. The topological polar surface area (TPSA) is 54.4 Å². The molecule has 0 atom stereocenters. The van der Waals surface area contributed by atoms with Crippen LogP contribution in [-0.2, 0) is 9.84 Å². The molecule has 0 heterocycles. The number of sulfone groups is 1. The van der Waals surface area contributed by atoms with Crippen molar-refractivity contribution < 1.29 is 13.5 Å². The number of hydrogen-bond acceptors (Lipinski definition) is 3. The molecule has 1 N–H and O–H groups in total. The lowest BCUT2D eigenvalue weighted by Crippen LogP contribution is -2.08. The van der Waals surface area contributed by atoms with Gasteiger partial charge in [0, 0.05) is 5.39 Å². The number of phenolic OH excluding ortho intramolecular Hbond substituents is 1. The van der Waals surface area contributed by atoms with E-state index in [1.807, 2.05) is 12.1 Å². The van der Waals surface area contributed by atoms with Crippen LogP contribution in [0.4, 0.5) is 0 Å². The lowest BCUT2D eigenvalue weighted by molar-refractivity contribution is 0.460. The van der Waals surface area contributed by atoms with Crippen molar-refractivity contribution >= 4 is 20.6 Å². The Morgan fingerprint density at radius 3 is 2.47 bits per heavy atom. The average molecular weight is 248 g/mol. The molecule has 88 valence electrons. The van der Waals surface area contributed by atoms with Crippen molar-refractivity contribution in [2.45, 2.75) is 23.0 Å². The molecule has 0 aromatic heterocycles. The molecule has 17 heavy (non-hydrogen) atoms. The first kappa shape index (κ1) is 10.6. The second kappa shape index (κ2) is 3.47. The number of phenols is 1. The second-order valence-electron chi connectivity index (χ2n) is 4.38. The van der Waals surface area contributed by atoms with Gasteiger partial charge in [-0.1, -0.05) is 30.3 Å². The third-order valence-corrected chi connectivity index (χ3v) is 5.45. The Morgan fingerprint density at radius 1 is 1.06 bits per heavy atom. The fraction of sp³-hybridized carbons (Fsp3) is 0.231. The van der Waals surface area contributed by atoms with Crippen LogP contribution in [0, 0.1) is 0 Å². The van der Waals surface area contributed by atoms with E-state index in [1.54, 1.807) is 18.2 Å². The van der Waals surface area contributed by atoms with Crippen LogP contribution in [0.1, 0.15) is 12.8 Å². The SMILES string of the molecule is O=S(=O)(c1c(O)ccc2ccccc12)C1CC1. The first-order valence-electron chi connectivity index (χ1n) is 5.55. The van der Waals surface area contributed by atoms with Gasteiger partial charge in [0.1, 0.15) is 10.6 Å². The first-order valence-corrected chi connectivity index (χ1v) is 7.10. The maximum Gasteiger partial charge on any atom is 0.185 e. The van der Waals surface area contributed by atoms with Crippen molar-refractivity contribution in [3.8, 4) is 5.75 Å². The highest BCUT2D eigenvalue weighted by Crippen LogP contribution is 2.40. The van der Waals surface area contributed by atoms with Crippen LogP contribution >= 0.6 is 0 Å². The molecule has 3 nitrogen and oxygen atoms in total. The fourth-order valence-electron chi connectivity index (χ4n) is 2.08. The highest BCUT2D eigenvalue weighted by molar-refractivity contribution is 7.92. The van der Waals surface area contributed by atoms with Gasteiger partial charge in [-0.05, 0) is 24.3 Å². The summed E-state index contributed by atoms with van der Waals surface area (Å²) in [5.74, 6) is -0.143. The summed E-state index contributed by atoms with van der Waals surface area (Å²) in [5, 5.41) is 11.0. The van der Waals surface area contributed by atoms with Crippen LogP contribution < -0.4 is 0 Å². The maximum absolute atomic E-state index is 12.3. The van der Waals surface area contributed by atoms with Gasteiger partial charge in [0.25, 0.3) is 0 Å². The van der Waals surface area contributed by atoms with Crippen molar-refractivity contribution in [1.29, 1.82) is 0 Å². The molecular formula is C13H12O3S. The molecule has 2 aromatic carbocycles. The Bertz CT molecular complexity index is 685. The van der Waals surface area contributed by atoms with E-state index in [4.69, 9.17) is 0 Å². The molecule has 0 radical (unpaired) electrons. The lowest BCUT2D eigenvalue weighted by Gasteiger charge is -2.09. The third-order valence-electron chi connectivity index (χ3n) is 3.11. The molecule has 0 saturated heterocycles. The molecule has 0 bridgehead atoms.